The first-order chi connectivity index (χ1) is 24.6. The lowest BCUT2D eigenvalue weighted by Gasteiger charge is -2.35. The summed E-state index contributed by atoms with van der Waals surface area (Å²) in [6.07, 6.45) is 4.03. The second-order valence-corrected chi connectivity index (χ2v) is 15.4. The number of nitrogens with zero attached hydrogens (tertiary/aromatic N) is 1. The van der Waals surface area contributed by atoms with Crippen molar-refractivity contribution < 1.29 is 33.5 Å². The number of likely N-dealkylation sites (tertiary alicyclic amines) is 1. The SMILES string of the molecule is C=CCNC(=O)C(=O)C(CCC)NC(=O)C1[C@@H](CC(C)C)CCN1C(=O)C(NC(=O)NC(COC(=O)NCC)C(C)(C)C)C1Cc2ccccc2C1. The van der Waals surface area contributed by atoms with Crippen molar-refractivity contribution in [3.63, 3.8) is 0 Å². The number of ether oxygens (including phenoxy) is 1. The molecule has 4 unspecified atom stereocenters. The van der Waals surface area contributed by atoms with Gasteiger partial charge in [0.1, 0.15) is 18.7 Å². The highest BCUT2D eigenvalue weighted by Crippen LogP contribution is 2.34. The average molecular weight is 725 g/mol. The number of hydrogen-bond donors (Lipinski definition) is 5. The van der Waals surface area contributed by atoms with Gasteiger partial charge < -0.3 is 36.2 Å². The molecule has 1 heterocycles. The van der Waals surface area contributed by atoms with Crippen LogP contribution < -0.4 is 26.6 Å². The minimum absolute atomic E-state index is 0.0786. The Morgan fingerprint density at radius 3 is 2.19 bits per heavy atom. The van der Waals surface area contributed by atoms with E-state index in [1.54, 1.807) is 11.8 Å². The highest BCUT2D eigenvalue weighted by molar-refractivity contribution is 6.38. The molecule has 288 valence electrons. The van der Waals surface area contributed by atoms with Crippen molar-refractivity contribution in [3.05, 3.63) is 48.0 Å². The molecule has 1 aliphatic heterocycles. The van der Waals surface area contributed by atoms with Crippen LogP contribution in [-0.2, 0) is 36.8 Å². The minimum Gasteiger partial charge on any atom is -0.447 e. The number of nitrogens with one attached hydrogen (secondary N) is 5. The van der Waals surface area contributed by atoms with E-state index in [2.05, 4.69) is 47.0 Å². The van der Waals surface area contributed by atoms with Crippen LogP contribution in [0.1, 0.15) is 85.3 Å². The summed E-state index contributed by atoms with van der Waals surface area (Å²) < 4.78 is 5.37. The number of rotatable bonds is 17. The Balaban J connectivity index is 1.92. The van der Waals surface area contributed by atoms with Crippen molar-refractivity contribution in [1.29, 1.82) is 0 Å². The predicted octanol–water partition coefficient (Wildman–Crippen LogP) is 3.65. The third kappa shape index (κ3) is 11.5. The van der Waals surface area contributed by atoms with Gasteiger partial charge in [-0.1, -0.05) is 78.3 Å². The molecule has 0 aromatic heterocycles. The highest BCUT2D eigenvalue weighted by atomic mass is 16.5. The molecule has 0 radical (unpaired) electrons. The van der Waals surface area contributed by atoms with Gasteiger partial charge in [-0.05, 0) is 73.3 Å². The molecule has 1 saturated heterocycles. The number of hydrogen-bond acceptors (Lipinski definition) is 7. The second-order valence-electron chi connectivity index (χ2n) is 15.4. The van der Waals surface area contributed by atoms with Crippen molar-refractivity contribution >= 4 is 35.6 Å². The number of urea groups is 1. The normalized spacial score (nSPS) is 18.8. The summed E-state index contributed by atoms with van der Waals surface area (Å²) in [5, 5.41) is 13.8. The lowest BCUT2D eigenvalue weighted by molar-refractivity contribution is -0.144. The van der Waals surface area contributed by atoms with Crippen molar-refractivity contribution in [2.45, 2.75) is 111 Å². The summed E-state index contributed by atoms with van der Waals surface area (Å²) in [6.45, 7) is 17.8. The minimum atomic E-state index is -1.06. The topological polar surface area (TPSA) is 175 Å². The molecule has 13 nitrogen and oxygen atoms in total. The lowest BCUT2D eigenvalue weighted by atomic mass is 9.87. The molecule has 52 heavy (non-hydrogen) atoms. The van der Waals surface area contributed by atoms with E-state index in [9.17, 15) is 28.8 Å². The van der Waals surface area contributed by atoms with E-state index in [-0.39, 0.29) is 43.2 Å². The fraction of sp³-hybridized carbons (Fsp3) is 0.641. The molecule has 0 bridgehead atoms. The molecule has 1 aromatic rings. The number of Topliss-reactive ketones (excluding diaryl/α,β-unsaturated/α-hetero) is 1. The van der Waals surface area contributed by atoms with Gasteiger partial charge in [-0.15, -0.1) is 6.58 Å². The maximum Gasteiger partial charge on any atom is 0.407 e. The molecule has 6 amide bonds. The Kier molecular flexibility index (Phi) is 15.7. The quantitative estimate of drug-likeness (QED) is 0.120. The van der Waals surface area contributed by atoms with Gasteiger partial charge in [0.05, 0.1) is 12.1 Å². The predicted molar refractivity (Wildman–Crippen MR) is 199 cm³/mol. The van der Waals surface area contributed by atoms with Gasteiger partial charge >= 0.3 is 12.1 Å². The molecule has 13 heteroatoms. The van der Waals surface area contributed by atoms with Crippen molar-refractivity contribution in [2.24, 2.45) is 23.2 Å². The Morgan fingerprint density at radius 2 is 1.63 bits per heavy atom. The molecule has 3 rings (SSSR count). The summed E-state index contributed by atoms with van der Waals surface area (Å²) in [5.41, 5.74) is 1.70. The third-order valence-corrected chi connectivity index (χ3v) is 9.85. The van der Waals surface area contributed by atoms with Crippen LogP contribution in [0.4, 0.5) is 9.59 Å². The molecular formula is C39H60N6O7. The van der Waals surface area contributed by atoms with Crippen molar-refractivity contribution in [2.75, 3.05) is 26.2 Å². The van der Waals surface area contributed by atoms with Gasteiger partial charge in [-0.2, -0.15) is 0 Å². The fourth-order valence-electron chi connectivity index (χ4n) is 7.13. The van der Waals surface area contributed by atoms with Gasteiger partial charge in [0.2, 0.25) is 17.6 Å². The molecule has 5 atom stereocenters. The van der Waals surface area contributed by atoms with Gasteiger partial charge in [-0.25, -0.2) is 9.59 Å². The number of alkyl carbamates (subject to hydrolysis) is 1. The Labute approximate surface area is 308 Å². The van der Waals surface area contributed by atoms with Crippen LogP contribution in [0.2, 0.25) is 0 Å². The van der Waals surface area contributed by atoms with Crippen LogP contribution in [-0.4, -0.2) is 90.9 Å². The van der Waals surface area contributed by atoms with E-state index in [1.807, 2.05) is 52.0 Å². The number of benzene rings is 1. The van der Waals surface area contributed by atoms with Crippen LogP contribution in [0.15, 0.2) is 36.9 Å². The first-order valence-corrected chi connectivity index (χ1v) is 18.7. The largest absolute Gasteiger partial charge is 0.447 e. The molecule has 5 N–H and O–H groups in total. The molecule has 0 spiro atoms. The van der Waals surface area contributed by atoms with Crippen molar-refractivity contribution in [3.8, 4) is 0 Å². The molecule has 1 fully saturated rings. The lowest BCUT2D eigenvalue weighted by Crippen LogP contribution is -2.61. The van der Waals surface area contributed by atoms with Crippen LogP contribution >= 0.6 is 0 Å². The fourth-order valence-corrected chi connectivity index (χ4v) is 7.13. The summed E-state index contributed by atoms with van der Waals surface area (Å²) in [6, 6.07) is 3.83. The van der Waals surface area contributed by atoms with Crippen molar-refractivity contribution in [1.82, 2.24) is 31.5 Å². The van der Waals surface area contributed by atoms with Gasteiger partial charge in [0.25, 0.3) is 5.91 Å². The molecule has 1 aliphatic carbocycles. The Morgan fingerprint density at radius 1 is 0.981 bits per heavy atom. The summed E-state index contributed by atoms with van der Waals surface area (Å²) >= 11 is 0. The Bertz CT molecular complexity index is 1420. The molecule has 2 aliphatic rings. The first kappa shape index (κ1) is 42.0. The van der Waals surface area contributed by atoms with E-state index < -0.39 is 59.3 Å². The zero-order chi connectivity index (χ0) is 38.6. The monoisotopic (exact) mass is 724 g/mol. The van der Waals surface area contributed by atoms with Crippen LogP contribution in [0.5, 0.6) is 0 Å². The number of carbonyl (C=O) groups excluding carboxylic acids is 6. The standard InChI is InChI=1S/C39H60N6O7/c1-9-14-29(33(46)35(48)41-18-10-2)42-34(47)32-27(20-24(4)5)17-19-45(32)36(49)31(28-21-25-15-12-13-16-26(25)22-28)44-37(50)43-30(39(6,7)8)23-52-38(51)40-11-3/h10,12-13,15-16,24,27-32H,2,9,11,14,17-23H2,1,3-8H3,(H,40,51)(H,41,48)(H,42,47)(H2,43,44,50)/t27-,29?,30?,31?,32?/m1/s1. The Hall–Kier alpha value is -4.42. The average Bonchev–Trinajstić information content (AvgIpc) is 3.70. The summed E-state index contributed by atoms with van der Waals surface area (Å²) in [5.74, 6) is -2.68. The third-order valence-electron chi connectivity index (χ3n) is 9.85. The van der Waals surface area contributed by atoms with Gasteiger partial charge in [-0.3, -0.25) is 19.2 Å². The van der Waals surface area contributed by atoms with Crippen LogP contribution in [0, 0.1) is 23.2 Å². The molecule has 0 saturated carbocycles. The van der Waals surface area contributed by atoms with E-state index in [0.717, 1.165) is 11.1 Å². The molecule has 1 aromatic carbocycles. The number of ketones is 1. The summed E-state index contributed by atoms with van der Waals surface area (Å²) in [4.78, 5) is 82.1. The van der Waals surface area contributed by atoms with Gasteiger partial charge in [0, 0.05) is 19.6 Å². The maximum absolute atomic E-state index is 14.8. The van der Waals surface area contributed by atoms with E-state index in [1.165, 1.54) is 6.08 Å². The van der Waals surface area contributed by atoms with Crippen LogP contribution in [0.3, 0.4) is 0 Å². The smallest absolute Gasteiger partial charge is 0.407 e. The van der Waals surface area contributed by atoms with E-state index >= 15 is 0 Å². The zero-order valence-electron chi connectivity index (χ0n) is 32.0. The highest BCUT2D eigenvalue weighted by Gasteiger charge is 2.47. The number of carbonyl (C=O) groups is 6. The van der Waals surface area contributed by atoms with E-state index in [0.29, 0.717) is 45.2 Å². The first-order valence-electron chi connectivity index (χ1n) is 18.7. The molecular weight excluding hydrogens is 664 g/mol. The number of fused-ring (bicyclic) bond motifs is 1. The zero-order valence-corrected chi connectivity index (χ0v) is 32.0. The second kappa shape index (κ2) is 19.4. The van der Waals surface area contributed by atoms with E-state index in [4.69, 9.17) is 4.74 Å². The van der Waals surface area contributed by atoms with Crippen LogP contribution in [0.25, 0.3) is 0 Å². The summed E-state index contributed by atoms with van der Waals surface area (Å²) in [7, 11) is 0. The maximum atomic E-state index is 14.8. The van der Waals surface area contributed by atoms with Gasteiger partial charge in [0.15, 0.2) is 0 Å². The number of amides is 6.